The summed E-state index contributed by atoms with van der Waals surface area (Å²) in [5.74, 6) is 2.08. The smallest absolute Gasteiger partial charge is 0.275 e. The Morgan fingerprint density at radius 3 is 2.36 bits per heavy atom. The highest BCUT2D eigenvalue weighted by molar-refractivity contribution is 6.14. The van der Waals surface area contributed by atoms with Gasteiger partial charge in [-0.1, -0.05) is 24.3 Å². The molecule has 5 nitrogen and oxygen atoms in total. The molecule has 0 radical (unpaired) electrons. The first-order chi connectivity index (χ1) is 12.2. The number of carbonyl (C=O) groups excluding carboxylic acids is 1. The van der Waals surface area contributed by atoms with Crippen molar-refractivity contribution in [1.82, 2.24) is 5.32 Å². The van der Waals surface area contributed by atoms with E-state index in [2.05, 4.69) is 10.3 Å². The standard InChI is InChI=1S/C20H20N2O3/c1-3-25-17-10-6-14(7-11-17)12-18-20(23)22-19(21-18)13-15-4-8-16(24-2)9-5-15/h4-12H,3,13H2,1-2H3,(H,21,22,23)/b18-12+. The summed E-state index contributed by atoms with van der Waals surface area (Å²) in [6.07, 6.45) is 2.34. The van der Waals surface area contributed by atoms with Crippen LogP contribution in [0.1, 0.15) is 18.1 Å². The van der Waals surface area contributed by atoms with Crippen LogP contribution >= 0.6 is 0 Å². The Labute approximate surface area is 147 Å². The number of aliphatic imine (C=N–C) groups is 1. The van der Waals surface area contributed by atoms with Gasteiger partial charge in [-0.3, -0.25) is 4.79 Å². The fraction of sp³-hybridized carbons (Fsp3) is 0.200. The molecule has 1 heterocycles. The minimum atomic E-state index is -0.183. The lowest BCUT2D eigenvalue weighted by Crippen LogP contribution is -2.25. The molecule has 1 N–H and O–H groups in total. The number of hydrogen-bond donors (Lipinski definition) is 1. The van der Waals surface area contributed by atoms with Crippen LogP contribution in [0, 0.1) is 0 Å². The van der Waals surface area contributed by atoms with Crippen molar-refractivity contribution in [3.05, 3.63) is 65.4 Å². The predicted molar refractivity (Wildman–Crippen MR) is 97.9 cm³/mol. The molecule has 0 aromatic heterocycles. The molecule has 3 rings (SSSR count). The van der Waals surface area contributed by atoms with E-state index in [0.717, 1.165) is 22.6 Å². The van der Waals surface area contributed by atoms with Crippen molar-refractivity contribution < 1.29 is 14.3 Å². The quantitative estimate of drug-likeness (QED) is 0.824. The lowest BCUT2D eigenvalue weighted by Gasteiger charge is -2.03. The van der Waals surface area contributed by atoms with Crippen molar-refractivity contribution >= 4 is 17.8 Å². The number of nitrogens with zero attached hydrogens (tertiary/aromatic N) is 1. The zero-order valence-electron chi connectivity index (χ0n) is 14.3. The second kappa shape index (κ2) is 7.66. The van der Waals surface area contributed by atoms with E-state index in [-0.39, 0.29) is 5.91 Å². The summed E-state index contributed by atoms with van der Waals surface area (Å²) in [6.45, 7) is 2.57. The van der Waals surface area contributed by atoms with Gasteiger partial charge in [0.05, 0.1) is 13.7 Å². The molecule has 2 aromatic rings. The number of ether oxygens (including phenoxy) is 2. The zero-order chi connectivity index (χ0) is 17.6. The van der Waals surface area contributed by atoms with Crippen molar-refractivity contribution in [2.45, 2.75) is 13.3 Å². The van der Waals surface area contributed by atoms with Crippen LogP contribution in [0.15, 0.2) is 59.2 Å². The second-order valence-corrected chi connectivity index (χ2v) is 5.57. The van der Waals surface area contributed by atoms with Crippen molar-refractivity contribution in [3.8, 4) is 11.5 Å². The van der Waals surface area contributed by atoms with Crippen LogP contribution in [0.3, 0.4) is 0 Å². The van der Waals surface area contributed by atoms with Crippen LogP contribution in [0.5, 0.6) is 11.5 Å². The van der Waals surface area contributed by atoms with Gasteiger partial charge in [-0.05, 0) is 48.4 Å². The number of hydrogen-bond acceptors (Lipinski definition) is 4. The van der Waals surface area contributed by atoms with Crippen LogP contribution < -0.4 is 14.8 Å². The van der Waals surface area contributed by atoms with Gasteiger partial charge in [0, 0.05) is 6.42 Å². The minimum absolute atomic E-state index is 0.183. The predicted octanol–water partition coefficient (Wildman–Crippen LogP) is 3.21. The summed E-state index contributed by atoms with van der Waals surface area (Å²) >= 11 is 0. The normalized spacial score (nSPS) is 15.0. The van der Waals surface area contributed by atoms with Gasteiger partial charge in [-0.15, -0.1) is 0 Å². The molecule has 1 aliphatic heterocycles. The lowest BCUT2D eigenvalue weighted by atomic mass is 10.1. The molecule has 0 bridgehead atoms. The topological polar surface area (TPSA) is 59.9 Å². The minimum Gasteiger partial charge on any atom is -0.497 e. The molecule has 1 aliphatic rings. The molecule has 0 saturated heterocycles. The number of amides is 1. The number of methoxy groups -OCH3 is 1. The van der Waals surface area contributed by atoms with E-state index >= 15 is 0 Å². The number of nitrogens with one attached hydrogen (secondary N) is 1. The van der Waals surface area contributed by atoms with Crippen molar-refractivity contribution in [3.63, 3.8) is 0 Å². The Morgan fingerprint density at radius 2 is 1.72 bits per heavy atom. The fourth-order valence-electron chi connectivity index (χ4n) is 2.52. The first kappa shape index (κ1) is 16.8. The van der Waals surface area contributed by atoms with Gasteiger partial charge in [-0.2, -0.15) is 0 Å². The van der Waals surface area contributed by atoms with Gasteiger partial charge in [0.15, 0.2) is 0 Å². The molecule has 0 aliphatic carbocycles. The summed E-state index contributed by atoms with van der Waals surface area (Å²) < 4.78 is 10.6. The van der Waals surface area contributed by atoms with Gasteiger partial charge >= 0.3 is 0 Å². The van der Waals surface area contributed by atoms with E-state index in [1.807, 2.05) is 55.5 Å². The highest BCUT2D eigenvalue weighted by atomic mass is 16.5. The Kier molecular flexibility index (Phi) is 5.14. The summed E-state index contributed by atoms with van der Waals surface area (Å²) in [4.78, 5) is 16.5. The molecule has 0 atom stereocenters. The largest absolute Gasteiger partial charge is 0.497 e. The Morgan fingerprint density at radius 1 is 1.04 bits per heavy atom. The monoisotopic (exact) mass is 336 g/mol. The summed E-state index contributed by atoms with van der Waals surface area (Å²) in [5, 5.41) is 2.82. The molecule has 0 fully saturated rings. The van der Waals surface area contributed by atoms with E-state index in [4.69, 9.17) is 9.47 Å². The third-order valence-corrected chi connectivity index (χ3v) is 3.77. The molecule has 128 valence electrons. The van der Waals surface area contributed by atoms with Gasteiger partial charge < -0.3 is 14.8 Å². The average Bonchev–Trinajstić information content (AvgIpc) is 2.96. The number of carbonyl (C=O) groups is 1. The van der Waals surface area contributed by atoms with Gasteiger partial charge in [0.1, 0.15) is 23.0 Å². The van der Waals surface area contributed by atoms with Gasteiger partial charge in [-0.25, -0.2) is 4.99 Å². The third-order valence-electron chi connectivity index (χ3n) is 3.77. The first-order valence-corrected chi connectivity index (χ1v) is 8.14. The van der Waals surface area contributed by atoms with Crippen LogP contribution in [-0.4, -0.2) is 25.5 Å². The SMILES string of the molecule is CCOc1ccc(/C=C2/N=C(Cc3ccc(OC)cc3)NC2=O)cc1. The summed E-state index contributed by atoms with van der Waals surface area (Å²) in [7, 11) is 1.63. The highest BCUT2D eigenvalue weighted by Crippen LogP contribution is 2.18. The second-order valence-electron chi connectivity index (χ2n) is 5.57. The van der Waals surface area contributed by atoms with E-state index in [1.165, 1.54) is 0 Å². The Hall–Kier alpha value is -3.08. The summed E-state index contributed by atoms with van der Waals surface area (Å²) in [5.41, 5.74) is 2.37. The third kappa shape index (κ3) is 4.26. The van der Waals surface area contributed by atoms with Crippen LogP contribution in [0.25, 0.3) is 6.08 Å². The van der Waals surface area contributed by atoms with Gasteiger partial charge in [0.2, 0.25) is 0 Å². The molecule has 5 heteroatoms. The maximum absolute atomic E-state index is 12.1. The first-order valence-electron chi connectivity index (χ1n) is 8.14. The van der Waals surface area contributed by atoms with E-state index in [0.29, 0.717) is 24.6 Å². The van der Waals surface area contributed by atoms with Gasteiger partial charge in [0.25, 0.3) is 5.91 Å². The average molecular weight is 336 g/mol. The molecule has 2 aromatic carbocycles. The van der Waals surface area contributed by atoms with Crippen molar-refractivity contribution in [1.29, 1.82) is 0 Å². The maximum atomic E-state index is 12.1. The highest BCUT2D eigenvalue weighted by Gasteiger charge is 2.19. The maximum Gasteiger partial charge on any atom is 0.275 e. The Balaban J connectivity index is 1.72. The van der Waals surface area contributed by atoms with Crippen LogP contribution in [0.4, 0.5) is 0 Å². The van der Waals surface area contributed by atoms with E-state index in [9.17, 15) is 4.79 Å². The molecule has 0 unspecified atom stereocenters. The van der Waals surface area contributed by atoms with Crippen LogP contribution in [0.2, 0.25) is 0 Å². The molecule has 1 amide bonds. The number of amidine groups is 1. The molecular formula is C20H20N2O3. The molecular weight excluding hydrogens is 316 g/mol. The Bertz CT molecular complexity index is 806. The van der Waals surface area contributed by atoms with Crippen molar-refractivity contribution in [2.24, 2.45) is 4.99 Å². The zero-order valence-corrected chi connectivity index (χ0v) is 14.3. The molecule has 0 saturated carbocycles. The lowest BCUT2D eigenvalue weighted by molar-refractivity contribution is -0.115. The number of rotatable bonds is 6. The fourth-order valence-corrected chi connectivity index (χ4v) is 2.52. The summed E-state index contributed by atoms with van der Waals surface area (Å²) in [6, 6.07) is 15.3. The number of benzene rings is 2. The van der Waals surface area contributed by atoms with E-state index < -0.39 is 0 Å². The van der Waals surface area contributed by atoms with E-state index in [1.54, 1.807) is 13.2 Å². The molecule has 25 heavy (non-hydrogen) atoms. The molecule has 0 spiro atoms. The van der Waals surface area contributed by atoms with Crippen LogP contribution in [-0.2, 0) is 11.2 Å². The van der Waals surface area contributed by atoms with Crippen molar-refractivity contribution in [2.75, 3.05) is 13.7 Å².